The first kappa shape index (κ1) is 15.2. The maximum absolute atomic E-state index is 13.1. The molecule has 1 amide bonds. The van der Waals surface area contributed by atoms with Crippen LogP contribution in [0, 0.1) is 0 Å². The molecule has 0 radical (unpaired) electrons. The van der Waals surface area contributed by atoms with Crippen LogP contribution >= 0.6 is 11.6 Å². The van der Waals surface area contributed by atoms with Crippen LogP contribution in [0.4, 0.5) is 5.82 Å². The van der Waals surface area contributed by atoms with E-state index < -0.39 is 5.41 Å². The van der Waals surface area contributed by atoms with Gasteiger partial charge in [0.15, 0.2) is 5.82 Å². The number of hydrogen-bond donors (Lipinski definition) is 3. The molecular formula is C18H17ClN4O. The summed E-state index contributed by atoms with van der Waals surface area (Å²) < 4.78 is 0. The lowest BCUT2D eigenvalue weighted by Crippen LogP contribution is -2.42. The van der Waals surface area contributed by atoms with Gasteiger partial charge in [0.2, 0.25) is 5.91 Å². The van der Waals surface area contributed by atoms with E-state index in [1.807, 2.05) is 42.5 Å². The van der Waals surface area contributed by atoms with E-state index in [9.17, 15) is 4.79 Å². The lowest BCUT2D eigenvalue weighted by atomic mass is 9.78. The highest BCUT2D eigenvalue weighted by atomic mass is 35.5. The van der Waals surface area contributed by atoms with Crippen LogP contribution in [0.5, 0.6) is 0 Å². The summed E-state index contributed by atoms with van der Waals surface area (Å²) in [5.41, 5.74) is 1.17. The SMILES string of the molecule is O=C(Nc1n[nH]c2c(Cl)cccc12)C1(c2ccccc2)CCNC1. The number of aromatic nitrogens is 2. The number of rotatable bonds is 3. The Labute approximate surface area is 144 Å². The van der Waals surface area contributed by atoms with Crippen LogP contribution in [0.15, 0.2) is 48.5 Å². The number of carbonyl (C=O) groups excluding carboxylic acids is 1. The molecule has 1 fully saturated rings. The van der Waals surface area contributed by atoms with Gasteiger partial charge in [0, 0.05) is 11.9 Å². The largest absolute Gasteiger partial charge is 0.315 e. The molecule has 0 saturated carbocycles. The second kappa shape index (κ2) is 5.92. The van der Waals surface area contributed by atoms with Crippen molar-refractivity contribution in [2.45, 2.75) is 11.8 Å². The third kappa shape index (κ3) is 2.37. The fourth-order valence-corrected chi connectivity index (χ4v) is 3.57. The third-order valence-corrected chi connectivity index (χ3v) is 5.01. The zero-order valence-corrected chi connectivity index (χ0v) is 13.7. The Morgan fingerprint density at radius 1 is 1.17 bits per heavy atom. The quantitative estimate of drug-likeness (QED) is 0.686. The molecule has 1 saturated heterocycles. The molecule has 2 aromatic carbocycles. The topological polar surface area (TPSA) is 69.8 Å². The van der Waals surface area contributed by atoms with E-state index in [0.717, 1.165) is 29.4 Å². The standard InChI is InChI=1S/C18H17ClN4O/c19-14-8-4-7-13-15(14)22-23-16(13)21-17(24)18(9-10-20-11-18)12-5-2-1-3-6-12/h1-8,20H,9-11H2,(H2,21,22,23,24). The summed E-state index contributed by atoms with van der Waals surface area (Å²) in [6.07, 6.45) is 0.756. The van der Waals surface area contributed by atoms with E-state index in [0.29, 0.717) is 17.4 Å². The Morgan fingerprint density at radius 2 is 2.00 bits per heavy atom. The summed E-state index contributed by atoms with van der Waals surface area (Å²) in [7, 11) is 0. The van der Waals surface area contributed by atoms with Gasteiger partial charge >= 0.3 is 0 Å². The number of H-pyrrole nitrogens is 1. The van der Waals surface area contributed by atoms with Crippen molar-refractivity contribution in [2.24, 2.45) is 0 Å². The first-order valence-electron chi connectivity index (χ1n) is 7.91. The second-order valence-corrected chi connectivity index (χ2v) is 6.47. The van der Waals surface area contributed by atoms with Gasteiger partial charge in [-0.1, -0.05) is 48.0 Å². The van der Waals surface area contributed by atoms with Gasteiger partial charge in [0.25, 0.3) is 0 Å². The van der Waals surface area contributed by atoms with Gasteiger partial charge in [-0.2, -0.15) is 5.10 Å². The molecule has 0 aliphatic carbocycles. The second-order valence-electron chi connectivity index (χ2n) is 6.06. The fraction of sp³-hybridized carbons (Fsp3) is 0.222. The molecule has 1 aliphatic heterocycles. The van der Waals surface area contributed by atoms with E-state index in [-0.39, 0.29) is 5.91 Å². The summed E-state index contributed by atoms with van der Waals surface area (Å²) >= 11 is 6.16. The number of aromatic amines is 1. The van der Waals surface area contributed by atoms with Crippen molar-refractivity contribution in [3.8, 4) is 0 Å². The van der Waals surface area contributed by atoms with Gasteiger partial charge in [-0.05, 0) is 30.7 Å². The smallest absolute Gasteiger partial charge is 0.237 e. The predicted octanol–water partition coefficient (Wildman–Crippen LogP) is 3.09. The van der Waals surface area contributed by atoms with Gasteiger partial charge in [0.05, 0.1) is 16.0 Å². The summed E-state index contributed by atoms with van der Waals surface area (Å²) in [5.74, 6) is 0.465. The van der Waals surface area contributed by atoms with Crippen LogP contribution in [0.25, 0.3) is 10.9 Å². The van der Waals surface area contributed by atoms with Crippen LogP contribution < -0.4 is 10.6 Å². The Hall–Kier alpha value is -2.37. The molecule has 1 aliphatic rings. The number of nitrogens with zero attached hydrogens (tertiary/aromatic N) is 1. The van der Waals surface area contributed by atoms with Crippen LogP contribution in [-0.4, -0.2) is 29.2 Å². The number of carbonyl (C=O) groups is 1. The third-order valence-electron chi connectivity index (χ3n) is 4.70. The molecule has 1 atom stereocenters. The van der Waals surface area contributed by atoms with Crippen molar-refractivity contribution in [2.75, 3.05) is 18.4 Å². The van der Waals surface area contributed by atoms with Gasteiger partial charge in [-0.3, -0.25) is 9.89 Å². The molecule has 1 aromatic heterocycles. The van der Waals surface area contributed by atoms with E-state index >= 15 is 0 Å². The number of amides is 1. The molecule has 0 spiro atoms. The normalized spacial score (nSPS) is 20.4. The number of nitrogens with one attached hydrogen (secondary N) is 3. The fourth-order valence-electron chi connectivity index (χ4n) is 3.35. The lowest BCUT2D eigenvalue weighted by molar-refractivity contribution is -0.121. The molecule has 3 N–H and O–H groups in total. The van der Waals surface area contributed by atoms with Crippen molar-refractivity contribution in [1.82, 2.24) is 15.5 Å². The van der Waals surface area contributed by atoms with Crippen molar-refractivity contribution in [3.05, 3.63) is 59.1 Å². The summed E-state index contributed by atoms with van der Waals surface area (Å²) in [4.78, 5) is 13.1. The molecule has 1 unspecified atom stereocenters. The van der Waals surface area contributed by atoms with Crippen LogP contribution in [-0.2, 0) is 10.2 Å². The average molecular weight is 341 g/mol. The van der Waals surface area contributed by atoms with Gasteiger partial charge < -0.3 is 10.6 Å². The minimum atomic E-state index is -0.578. The van der Waals surface area contributed by atoms with Crippen molar-refractivity contribution in [1.29, 1.82) is 0 Å². The van der Waals surface area contributed by atoms with Crippen molar-refractivity contribution >= 4 is 34.2 Å². The van der Waals surface area contributed by atoms with Crippen LogP contribution in [0.3, 0.4) is 0 Å². The van der Waals surface area contributed by atoms with E-state index in [4.69, 9.17) is 11.6 Å². The Balaban J connectivity index is 1.70. The monoisotopic (exact) mass is 340 g/mol. The molecular weight excluding hydrogens is 324 g/mol. The zero-order valence-electron chi connectivity index (χ0n) is 13.0. The Kier molecular flexibility index (Phi) is 3.75. The molecule has 3 aromatic rings. The van der Waals surface area contributed by atoms with Crippen LogP contribution in [0.2, 0.25) is 5.02 Å². The number of benzene rings is 2. The maximum Gasteiger partial charge on any atom is 0.237 e. The highest BCUT2D eigenvalue weighted by Gasteiger charge is 2.43. The predicted molar refractivity (Wildman–Crippen MR) is 95.3 cm³/mol. The average Bonchev–Trinajstić information content (AvgIpc) is 3.25. The summed E-state index contributed by atoms with van der Waals surface area (Å²) in [6, 6.07) is 15.4. The zero-order chi connectivity index (χ0) is 16.6. The molecule has 0 bridgehead atoms. The van der Waals surface area contributed by atoms with Crippen molar-refractivity contribution < 1.29 is 4.79 Å². The number of para-hydroxylation sites is 1. The summed E-state index contributed by atoms with van der Waals surface area (Å²) in [5, 5.41) is 14.8. The first-order chi connectivity index (χ1) is 11.7. The number of fused-ring (bicyclic) bond motifs is 1. The highest BCUT2D eigenvalue weighted by Crippen LogP contribution is 2.33. The molecule has 5 nitrogen and oxygen atoms in total. The van der Waals surface area contributed by atoms with Crippen molar-refractivity contribution in [3.63, 3.8) is 0 Å². The number of hydrogen-bond acceptors (Lipinski definition) is 3. The van der Waals surface area contributed by atoms with Gasteiger partial charge in [-0.25, -0.2) is 0 Å². The maximum atomic E-state index is 13.1. The number of halogens is 1. The van der Waals surface area contributed by atoms with E-state index in [1.54, 1.807) is 6.07 Å². The Bertz CT molecular complexity index is 884. The van der Waals surface area contributed by atoms with E-state index in [1.165, 1.54) is 0 Å². The lowest BCUT2D eigenvalue weighted by Gasteiger charge is -2.27. The van der Waals surface area contributed by atoms with Gasteiger partial charge in [0.1, 0.15) is 0 Å². The number of anilines is 1. The van der Waals surface area contributed by atoms with Crippen LogP contribution in [0.1, 0.15) is 12.0 Å². The van der Waals surface area contributed by atoms with Gasteiger partial charge in [-0.15, -0.1) is 0 Å². The minimum Gasteiger partial charge on any atom is -0.315 e. The molecule has 122 valence electrons. The van der Waals surface area contributed by atoms with E-state index in [2.05, 4.69) is 20.8 Å². The molecule has 6 heteroatoms. The first-order valence-corrected chi connectivity index (χ1v) is 8.29. The molecule has 24 heavy (non-hydrogen) atoms. The molecule has 4 rings (SSSR count). The molecule has 2 heterocycles. The Morgan fingerprint density at radius 3 is 2.75 bits per heavy atom. The highest BCUT2D eigenvalue weighted by molar-refractivity contribution is 6.35. The summed E-state index contributed by atoms with van der Waals surface area (Å²) in [6.45, 7) is 1.43. The minimum absolute atomic E-state index is 0.0490.